The molecule has 2 spiro atoms. The van der Waals surface area contributed by atoms with Crippen LogP contribution >= 0.6 is 0 Å². The smallest absolute Gasteiger partial charge is 0.0577 e. The molecule has 2 N–H and O–H groups in total. The lowest BCUT2D eigenvalue weighted by Crippen LogP contribution is -2.57. The highest BCUT2D eigenvalue weighted by Gasteiger charge is 2.81. The quantitative estimate of drug-likeness (QED) is 0.515. The largest absolute Gasteiger partial charge is 0.393 e. The van der Waals surface area contributed by atoms with Crippen LogP contribution in [0.2, 0.25) is 0 Å². The summed E-state index contributed by atoms with van der Waals surface area (Å²) < 4.78 is 0. The molecule has 0 heterocycles. The average molecular weight is 415 g/mol. The van der Waals surface area contributed by atoms with E-state index in [0.29, 0.717) is 33.5 Å². The van der Waals surface area contributed by atoms with Crippen molar-refractivity contribution in [3.05, 3.63) is 11.6 Å². The number of aliphatic hydroxyl groups is 2. The maximum Gasteiger partial charge on any atom is 0.0577 e. The van der Waals surface area contributed by atoms with Gasteiger partial charge in [0.25, 0.3) is 0 Å². The van der Waals surface area contributed by atoms with Crippen LogP contribution in [-0.4, -0.2) is 22.4 Å². The number of aliphatic hydroxyl groups excluding tert-OH is 2. The molecular formula is C28H46O2. The number of rotatable bonds is 4. The minimum absolute atomic E-state index is 0.175. The third-order valence-electron chi connectivity index (χ3n) is 12.1. The first-order chi connectivity index (χ1) is 14.1. The van der Waals surface area contributed by atoms with Crippen molar-refractivity contribution >= 4 is 0 Å². The Kier molecular flexibility index (Phi) is 4.90. The summed E-state index contributed by atoms with van der Waals surface area (Å²) in [5.41, 5.74) is 3.12. The molecule has 0 aromatic rings. The van der Waals surface area contributed by atoms with Crippen LogP contribution in [0.4, 0.5) is 0 Å². The molecule has 0 amide bonds. The standard InChI is InChI=1S/C28H46O2/c1-18(2)7-6-8-19(3)21-10-11-26(5)24-16-23(30)22-15-20(29)9-12-27(22)17-28(24,27)14-13-25(21,26)4/h7,19-24,29-30H,6,8-17H2,1-5H3. The van der Waals surface area contributed by atoms with Crippen molar-refractivity contribution in [3.8, 4) is 0 Å². The predicted molar refractivity (Wildman–Crippen MR) is 123 cm³/mol. The van der Waals surface area contributed by atoms with E-state index in [1.807, 2.05) is 0 Å². The average Bonchev–Trinajstić information content (AvgIpc) is 3.25. The zero-order chi connectivity index (χ0) is 21.5. The molecule has 5 aliphatic rings. The van der Waals surface area contributed by atoms with Crippen LogP contribution in [0.15, 0.2) is 11.6 Å². The molecule has 0 bridgehead atoms. The first kappa shape index (κ1) is 21.5. The Morgan fingerprint density at radius 1 is 0.967 bits per heavy atom. The van der Waals surface area contributed by atoms with Gasteiger partial charge in [0.1, 0.15) is 0 Å². The minimum atomic E-state index is -0.186. The fourth-order valence-electron chi connectivity index (χ4n) is 10.4. The summed E-state index contributed by atoms with van der Waals surface area (Å²) in [6.45, 7) is 12.2. The second-order valence-electron chi connectivity index (χ2n) is 13.2. The fourth-order valence-corrected chi connectivity index (χ4v) is 10.4. The molecular weight excluding hydrogens is 368 g/mol. The summed E-state index contributed by atoms with van der Waals surface area (Å²) in [5.74, 6) is 2.69. The summed E-state index contributed by atoms with van der Waals surface area (Å²) in [5, 5.41) is 21.6. The lowest BCUT2D eigenvalue weighted by molar-refractivity contribution is -0.164. The van der Waals surface area contributed by atoms with Crippen LogP contribution in [0.5, 0.6) is 0 Å². The van der Waals surface area contributed by atoms with Crippen LogP contribution in [0, 0.1) is 45.3 Å². The van der Waals surface area contributed by atoms with Crippen LogP contribution in [0.3, 0.4) is 0 Å². The van der Waals surface area contributed by atoms with Crippen LogP contribution in [0.25, 0.3) is 0 Å². The Morgan fingerprint density at radius 3 is 2.47 bits per heavy atom. The zero-order valence-corrected chi connectivity index (χ0v) is 20.2. The molecule has 5 fully saturated rings. The molecule has 0 aromatic carbocycles. The molecule has 5 saturated carbocycles. The number of fused-ring (bicyclic) bond motifs is 2. The lowest BCUT2D eigenvalue weighted by Gasteiger charge is -2.62. The van der Waals surface area contributed by atoms with Gasteiger partial charge in [-0.25, -0.2) is 0 Å². The van der Waals surface area contributed by atoms with Crippen LogP contribution in [-0.2, 0) is 0 Å². The molecule has 5 aliphatic carbocycles. The fraction of sp³-hybridized carbons (Fsp3) is 0.929. The Balaban J connectivity index is 1.41. The maximum absolute atomic E-state index is 11.3. The molecule has 0 aromatic heterocycles. The van der Waals surface area contributed by atoms with Gasteiger partial charge in [-0.3, -0.25) is 0 Å². The second-order valence-corrected chi connectivity index (χ2v) is 13.2. The molecule has 0 aliphatic heterocycles. The Hall–Kier alpha value is -0.340. The van der Waals surface area contributed by atoms with Gasteiger partial charge in [-0.05, 0) is 130 Å². The predicted octanol–water partition coefficient (Wildman–Crippen LogP) is 6.50. The van der Waals surface area contributed by atoms with Crippen molar-refractivity contribution in [2.75, 3.05) is 0 Å². The van der Waals surface area contributed by atoms with Crippen molar-refractivity contribution in [1.82, 2.24) is 0 Å². The second kappa shape index (κ2) is 6.83. The van der Waals surface area contributed by atoms with E-state index in [9.17, 15) is 10.2 Å². The van der Waals surface area contributed by atoms with E-state index in [4.69, 9.17) is 0 Å². The summed E-state index contributed by atoms with van der Waals surface area (Å²) in [6, 6.07) is 0. The lowest BCUT2D eigenvalue weighted by atomic mass is 9.43. The highest BCUT2D eigenvalue weighted by Crippen LogP contribution is 2.87. The maximum atomic E-state index is 11.3. The normalized spacial score (nSPS) is 55.0. The van der Waals surface area contributed by atoms with Crippen molar-refractivity contribution in [2.24, 2.45) is 45.3 Å². The zero-order valence-electron chi connectivity index (χ0n) is 20.2. The summed E-state index contributed by atoms with van der Waals surface area (Å²) >= 11 is 0. The van der Waals surface area contributed by atoms with E-state index in [2.05, 4.69) is 40.7 Å². The number of allylic oxidation sites excluding steroid dienone is 2. The Morgan fingerprint density at radius 2 is 1.73 bits per heavy atom. The summed E-state index contributed by atoms with van der Waals surface area (Å²) in [6.07, 6.45) is 15.5. The van der Waals surface area contributed by atoms with E-state index in [-0.39, 0.29) is 12.2 Å². The molecule has 5 rings (SSSR count). The molecule has 0 radical (unpaired) electrons. The van der Waals surface area contributed by atoms with E-state index in [0.717, 1.165) is 31.1 Å². The van der Waals surface area contributed by atoms with Crippen molar-refractivity contribution < 1.29 is 10.2 Å². The van der Waals surface area contributed by atoms with E-state index < -0.39 is 0 Å². The number of hydrogen-bond acceptors (Lipinski definition) is 2. The van der Waals surface area contributed by atoms with Gasteiger partial charge in [-0.1, -0.05) is 32.4 Å². The van der Waals surface area contributed by atoms with Gasteiger partial charge < -0.3 is 10.2 Å². The highest BCUT2D eigenvalue weighted by molar-refractivity contribution is 5.30. The topological polar surface area (TPSA) is 40.5 Å². The van der Waals surface area contributed by atoms with Gasteiger partial charge in [0.2, 0.25) is 0 Å². The summed E-state index contributed by atoms with van der Waals surface area (Å²) in [4.78, 5) is 0. The van der Waals surface area contributed by atoms with Gasteiger partial charge >= 0.3 is 0 Å². The third kappa shape index (κ3) is 2.62. The SMILES string of the molecule is CC(C)=CCCC(C)C1CCC2(C)C3CC(O)C4CC(O)CCC45CC35CCC12C. The van der Waals surface area contributed by atoms with Crippen LogP contribution in [0.1, 0.15) is 105 Å². The molecule has 30 heavy (non-hydrogen) atoms. The summed E-state index contributed by atoms with van der Waals surface area (Å²) in [7, 11) is 0. The first-order valence-corrected chi connectivity index (χ1v) is 13.1. The molecule has 10 atom stereocenters. The van der Waals surface area contributed by atoms with Crippen molar-refractivity contribution in [2.45, 2.75) is 117 Å². The van der Waals surface area contributed by atoms with Gasteiger partial charge in [0, 0.05) is 0 Å². The molecule has 10 unspecified atom stereocenters. The monoisotopic (exact) mass is 414 g/mol. The first-order valence-electron chi connectivity index (χ1n) is 13.1. The minimum Gasteiger partial charge on any atom is -0.393 e. The van der Waals surface area contributed by atoms with E-state index in [1.165, 1.54) is 56.9 Å². The molecule has 0 saturated heterocycles. The molecule has 2 heteroatoms. The van der Waals surface area contributed by atoms with Gasteiger partial charge in [0.15, 0.2) is 0 Å². The van der Waals surface area contributed by atoms with Crippen LogP contribution < -0.4 is 0 Å². The van der Waals surface area contributed by atoms with Gasteiger partial charge in [-0.2, -0.15) is 0 Å². The van der Waals surface area contributed by atoms with Crippen molar-refractivity contribution in [1.29, 1.82) is 0 Å². The van der Waals surface area contributed by atoms with Gasteiger partial charge in [0.05, 0.1) is 12.2 Å². The van der Waals surface area contributed by atoms with E-state index in [1.54, 1.807) is 0 Å². The Labute approximate surface area is 184 Å². The highest BCUT2D eigenvalue weighted by atomic mass is 16.3. The van der Waals surface area contributed by atoms with Gasteiger partial charge in [-0.15, -0.1) is 0 Å². The molecule has 2 nitrogen and oxygen atoms in total. The molecule has 170 valence electrons. The number of hydrogen-bond donors (Lipinski definition) is 2. The van der Waals surface area contributed by atoms with E-state index >= 15 is 0 Å². The van der Waals surface area contributed by atoms with Crippen molar-refractivity contribution in [3.63, 3.8) is 0 Å². The third-order valence-corrected chi connectivity index (χ3v) is 12.1. The Bertz CT molecular complexity index is 724.